The molecule has 1 unspecified atom stereocenters. The smallest absolute Gasteiger partial charge is 0.161 e. The standard InChI is InChI=1S/C15H19NO2/c1-4-14-15(18-6-5-17-14)7-10(1)9-16-13-3-2-11-8-12(11)13/h1,4,7,11-13,16H,2-3,5-6,8-9H2/t11-,12+,13?/m0/s1. The highest BCUT2D eigenvalue weighted by atomic mass is 16.6. The Morgan fingerprint density at radius 3 is 2.78 bits per heavy atom. The van der Waals surface area contributed by atoms with Crippen molar-refractivity contribution in [2.45, 2.75) is 31.8 Å². The van der Waals surface area contributed by atoms with Crippen LogP contribution in [-0.4, -0.2) is 19.3 Å². The zero-order valence-corrected chi connectivity index (χ0v) is 10.5. The Hall–Kier alpha value is -1.22. The van der Waals surface area contributed by atoms with Gasteiger partial charge in [-0.25, -0.2) is 0 Å². The summed E-state index contributed by atoms with van der Waals surface area (Å²) in [5.74, 6) is 3.80. The number of ether oxygens (including phenoxy) is 2. The maximum Gasteiger partial charge on any atom is 0.161 e. The molecule has 3 aliphatic rings. The molecule has 1 aliphatic heterocycles. The summed E-state index contributed by atoms with van der Waals surface area (Å²) in [5.41, 5.74) is 1.29. The fourth-order valence-corrected chi connectivity index (χ4v) is 3.40. The fraction of sp³-hybridized carbons (Fsp3) is 0.600. The first-order chi connectivity index (χ1) is 8.90. The first kappa shape index (κ1) is 10.7. The van der Waals surface area contributed by atoms with Crippen LogP contribution in [0.25, 0.3) is 0 Å². The molecule has 4 rings (SSSR count). The lowest BCUT2D eigenvalue weighted by molar-refractivity contribution is 0.171. The molecule has 1 N–H and O–H groups in total. The second kappa shape index (κ2) is 4.16. The van der Waals surface area contributed by atoms with Gasteiger partial charge in [-0.2, -0.15) is 0 Å². The minimum Gasteiger partial charge on any atom is -0.486 e. The van der Waals surface area contributed by atoms with E-state index in [4.69, 9.17) is 9.47 Å². The molecule has 2 saturated carbocycles. The Labute approximate surface area is 107 Å². The van der Waals surface area contributed by atoms with Crippen molar-refractivity contribution < 1.29 is 9.47 Å². The monoisotopic (exact) mass is 245 g/mol. The van der Waals surface area contributed by atoms with Crippen LogP contribution in [-0.2, 0) is 6.54 Å². The van der Waals surface area contributed by atoms with Crippen LogP contribution < -0.4 is 14.8 Å². The minimum absolute atomic E-state index is 0.662. The molecule has 0 saturated heterocycles. The Balaban J connectivity index is 1.41. The summed E-state index contributed by atoms with van der Waals surface area (Å²) in [5, 5.41) is 3.70. The molecule has 0 aromatic heterocycles. The summed E-state index contributed by atoms with van der Waals surface area (Å²) < 4.78 is 11.1. The van der Waals surface area contributed by atoms with Gasteiger partial charge in [0.05, 0.1) is 0 Å². The highest BCUT2D eigenvalue weighted by Crippen LogP contribution is 2.51. The summed E-state index contributed by atoms with van der Waals surface area (Å²) >= 11 is 0. The molecule has 0 amide bonds. The summed E-state index contributed by atoms with van der Waals surface area (Å²) in [6.07, 6.45) is 4.25. The van der Waals surface area contributed by atoms with Gasteiger partial charge in [0.2, 0.25) is 0 Å². The van der Waals surface area contributed by atoms with Crippen LogP contribution >= 0.6 is 0 Å². The third-order valence-corrected chi connectivity index (χ3v) is 4.52. The molecule has 1 aromatic carbocycles. The lowest BCUT2D eigenvalue weighted by atomic mass is 10.1. The van der Waals surface area contributed by atoms with E-state index in [1.807, 2.05) is 6.07 Å². The second-order valence-electron chi connectivity index (χ2n) is 5.70. The van der Waals surface area contributed by atoms with Crippen LogP contribution in [0.1, 0.15) is 24.8 Å². The number of rotatable bonds is 3. The highest BCUT2D eigenvalue weighted by molar-refractivity contribution is 5.43. The topological polar surface area (TPSA) is 30.5 Å². The molecule has 1 heterocycles. The van der Waals surface area contributed by atoms with Crippen molar-refractivity contribution in [1.29, 1.82) is 0 Å². The number of hydrogen-bond acceptors (Lipinski definition) is 3. The number of fused-ring (bicyclic) bond motifs is 2. The molecule has 3 nitrogen and oxygen atoms in total. The van der Waals surface area contributed by atoms with E-state index in [1.165, 1.54) is 24.8 Å². The third kappa shape index (κ3) is 1.87. The maximum absolute atomic E-state index is 5.61. The van der Waals surface area contributed by atoms with E-state index in [9.17, 15) is 0 Å². The van der Waals surface area contributed by atoms with Crippen LogP contribution in [0, 0.1) is 11.8 Å². The Morgan fingerprint density at radius 2 is 2.00 bits per heavy atom. The van der Waals surface area contributed by atoms with Crippen LogP contribution in [0.5, 0.6) is 11.5 Å². The molecule has 3 atom stereocenters. The van der Waals surface area contributed by atoms with Crippen molar-refractivity contribution in [3.63, 3.8) is 0 Å². The minimum atomic E-state index is 0.662. The second-order valence-corrected chi connectivity index (χ2v) is 5.70. The van der Waals surface area contributed by atoms with Crippen molar-refractivity contribution in [1.82, 2.24) is 5.32 Å². The fourth-order valence-electron chi connectivity index (χ4n) is 3.40. The summed E-state index contributed by atoms with van der Waals surface area (Å²) in [6, 6.07) is 7.03. The molecule has 0 bridgehead atoms. The molecule has 0 radical (unpaired) electrons. The zero-order valence-electron chi connectivity index (χ0n) is 10.5. The van der Waals surface area contributed by atoms with Gasteiger partial charge in [0.1, 0.15) is 13.2 Å². The van der Waals surface area contributed by atoms with Gasteiger partial charge in [-0.15, -0.1) is 0 Å². The van der Waals surface area contributed by atoms with Crippen molar-refractivity contribution in [3.05, 3.63) is 23.8 Å². The SMILES string of the molecule is c1cc2c(cc1CNC1CC[C@H]3C[C@@H]13)OCCO2. The average molecular weight is 245 g/mol. The molecule has 2 aliphatic carbocycles. The Morgan fingerprint density at radius 1 is 1.11 bits per heavy atom. The molecular formula is C15H19NO2. The van der Waals surface area contributed by atoms with Gasteiger partial charge in [-0.05, 0) is 48.8 Å². The van der Waals surface area contributed by atoms with Gasteiger partial charge >= 0.3 is 0 Å². The van der Waals surface area contributed by atoms with Gasteiger partial charge in [0.25, 0.3) is 0 Å². The number of nitrogens with one attached hydrogen (secondary N) is 1. The average Bonchev–Trinajstić information content (AvgIpc) is 3.10. The molecule has 1 aromatic rings. The first-order valence-electron chi connectivity index (χ1n) is 7.02. The largest absolute Gasteiger partial charge is 0.486 e. The van der Waals surface area contributed by atoms with Crippen LogP contribution in [0.4, 0.5) is 0 Å². The van der Waals surface area contributed by atoms with Crippen LogP contribution in [0.2, 0.25) is 0 Å². The highest BCUT2D eigenvalue weighted by Gasteiger charge is 2.47. The van der Waals surface area contributed by atoms with Gasteiger partial charge in [0.15, 0.2) is 11.5 Å². The Bertz CT molecular complexity index is 460. The van der Waals surface area contributed by atoms with Crippen molar-refractivity contribution in [2.75, 3.05) is 13.2 Å². The normalized spacial score (nSPS) is 32.1. The maximum atomic E-state index is 5.61. The van der Waals surface area contributed by atoms with E-state index in [0.717, 1.165) is 35.9 Å². The zero-order chi connectivity index (χ0) is 11.9. The predicted octanol–water partition coefficient (Wildman–Crippen LogP) is 2.35. The van der Waals surface area contributed by atoms with Gasteiger partial charge in [-0.1, -0.05) is 6.07 Å². The summed E-state index contributed by atoms with van der Waals surface area (Å²) in [7, 11) is 0. The molecule has 0 spiro atoms. The molecule has 96 valence electrons. The predicted molar refractivity (Wildman–Crippen MR) is 68.9 cm³/mol. The number of benzene rings is 1. The third-order valence-electron chi connectivity index (χ3n) is 4.52. The lowest BCUT2D eigenvalue weighted by Gasteiger charge is -2.20. The van der Waals surface area contributed by atoms with Gasteiger partial charge < -0.3 is 14.8 Å². The lowest BCUT2D eigenvalue weighted by Crippen LogP contribution is -2.28. The van der Waals surface area contributed by atoms with Gasteiger partial charge in [-0.3, -0.25) is 0 Å². The van der Waals surface area contributed by atoms with E-state index >= 15 is 0 Å². The quantitative estimate of drug-likeness (QED) is 0.886. The molecule has 3 heteroatoms. The van der Waals surface area contributed by atoms with E-state index in [2.05, 4.69) is 17.4 Å². The van der Waals surface area contributed by atoms with Gasteiger partial charge in [0, 0.05) is 12.6 Å². The Kier molecular flexibility index (Phi) is 2.47. The molecule has 2 fully saturated rings. The van der Waals surface area contributed by atoms with E-state index in [1.54, 1.807) is 0 Å². The van der Waals surface area contributed by atoms with Crippen molar-refractivity contribution >= 4 is 0 Å². The van der Waals surface area contributed by atoms with E-state index in [0.29, 0.717) is 13.2 Å². The van der Waals surface area contributed by atoms with Crippen LogP contribution in [0.15, 0.2) is 18.2 Å². The first-order valence-corrected chi connectivity index (χ1v) is 7.02. The van der Waals surface area contributed by atoms with Crippen LogP contribution in [0.3, 0.4) is 0 Å². The van der Waals surface area contributed by atoms with E-state index < -0.39 is 0 Å². The summed E-state index contributed by atoms with van der Waals surface area (Å²) in [4.78, 5) is 0. The van der Waals surface area contributed by atoms with Crippen molar-refractivity contribution in [2.24, 2.45) is 11.8 Å². The van der Waals surface area contributed by atoms with E-state index in [-0.39, 0.29) is 0 Å². The molecule has 18 heavy (non-hydrogen) atoms. The van der Waals surface area contributed by atoms with Crippen molar-refractivity contribution in [3.8, 4) is 11.5 Å². The number of hydrogen-bond donors (Lipinski definition) is 1. The molecular weight excluding hydrogens is 226 g/mol. The summed E-state index contributed by atoms with van der Waals surface area (Å²) in [6.45, 7) is 2.27.